The summed E-state index contributed by atoms with van der Waals surface area (Å²) in [6, 6.07) is 42.9. The van der Waals surface area contributed by atoms with Gasteiger partial charge in [-0.15, -0.1) is 0 Å². The average molecular weight is 830 g/mol. The summed E-state index contributed by atoms with van der Waals surface area (Å²) in [5.74, 6) is 0.676. The first-order chi connectivity index (χ1) is 31.6. The molecule has 13 rings (SSSR count). The van der Waals surface area contributed by atoms with Gasteiger partial charge in [0.1, 0.15) is 0 Å². The molecule has 5 aliphatic rings. The van der Waals surface area contributed by atoms with Gasteiger partial charge in [0.15, 0.2) is 12.6 Å². The van der Waals surface area contributed by atoms with Gasteiger partial charge in [-0.3, -0.25) is 4.57 Å². The van der Waals surface area contributed by atoms with Crippen LogP contribution in [-0.2, 0) is 5.41 Å². The third-order valence-corrected chi connectivity index (χ3v) is 13.9. The zero-order valence-corrected chi connectivity index (χ0v) is 35.1. The highest BCUT2D eigenvalue weighted by Crippen LogP contribution is 2.49. The summed E-state index contributed by atoms with van der Waals surface area (Å²) in [5, 5.41) is 12.2. The van der Waals surface area contributed by atoms with Gasteiger partial charge < -0.3 is 20.1 Å². The minimum absolute atomic E-state index is 0.0298. The molecular weight excluding hydrogens is 787 g/mol. The van der Waals surface area contributed by atoms with Crippen molar-refractivity contribution in [2.45, 2.75) is 37.4 Å². The molecular formula is C55H43N9. The number of nitrogens with one attached hydrogen (secondary N) is 2. The predicted octanol–water partition coefficient (Wildman–Crippen LogP) is 10.8. The molecule has 308 valence electrons. The van der Waals surface area contributed by atoms with Crippen molar-refractivity contribution in [3.63, 3.8) is 0 Å². The lowest BCUT2D eigenvalue weighted by Crippen LogP contribution is -2.51. The Labute approximate surface area is 370 Å². The number of anilines is 1. The normalized spacial score (nSPS) is 23.4. The second-order valence-corrected chi connectivity index (χ2v) is 17.4. The SMILES string of the molecule is CC12C=CC=CC1N(C1N=CC(C3C=C(C4=CNC(n5c6ccccc6c6ccccc65)N=C4)C=C(c4cnc(-n5c6ccccc6c6ccccc65)nc4)C3)=CN1)c1ccccc12. The van der Waals surface area contributed by atoms with E-state index in [9.17, 15) is 0 Å². The van der Waals surface area contributed by atoms with Crippen LogP contribution in [0.25, 0.3) is 55.1 Å². The number of hydrogen-bond donors (Lipinski definition) is 2. The molecule has 5 aromatic carbocycles. The van der Waals surface area contributed by atoms with E-state index in [0.29, 0.717) is 5.95 Å². The molecule has 6 heterocycles. The largest absolute Gasteiger partial charge is 0.353 e. The van der Waals surface area contributed by atoms with Crippen LogP contribution in [0.2, 0.25) is 0 Å². The lowest BCUT2D eigenvalue weighted by molar-refractivity contribution is 0.459. The van der Waals surface area contributed by atoms with Gasteiger partial charge in [-0.05, 0) is 66.0 Å². The summed E-state index contributed by atoms with van der Waals surface area (Å²) >= 11 is 0. The Balaban J connectivity index is 0.846. The molecule has 0 amide bonds. The molecule has 0 radical (unpaired) electrons. The molecule has 0 saturated heterocycles. The highest BCUT2D eigenvalue weighted by Gasteiger charge is 2.48. The lowest BCUT2D eigenvalue weighted by Gasteiger charge is -2.38. The fourth-order valence-electron chi connectivity index (χ4n) is 10.8. The van der Waals surface area contributed by atoms with Gasteiger partial charge in [0, 0.05) is 86.9 Å². The van der Waals surface area contributed by atoms with Crippen molar-refractivity contribution < 1.29 is 0 Å². The molecule has 3 aliphatic heterocycles. The fourth-order valence-corrected chi connectivity index (χ4v) is 10.8. The van der Waals surface area contributed by atoms with Gasteiger partial charge in [-0.1, -0.05) is 127 Å². The molecule has 2 aliphatic carbocycles. The molecule has 0 saturated carbocycles. The van der Waals surface area contributed by atoms with Gasteiger partial charge >= 0.3 is 0 Å². The molecule has 5 unspecified atom stereocenters. The number of nitrogens with zero attached hydrogens (tertiary/aromatic N) is 7. The Hall–Kier alpha value is -8.04. The maximum Gasteiger partial charge on any atom is 0.234 e. The molecule has 0 spiro atoms. The number of fused-ring (bicyclic) bond motifs is 9. The molecule has 9 heteroatoms. The first kappa shape index (κ1) is 36.6. The van der Waals surface area contributed by atoms with E-state index in [1.807, 2.05) is 18.6 Å². The molecule has 0 bridgehead atoms. The van der Waals surface area contributed by atoms with Crippen LogP contribution >= 0.6 is 0 Å². The van der Waals surface area contributed by atoms with Crippen molar-refractivity contribution in [2.24, 2.45) is 15.9 Å². The van der Waals surface area contributed by atoms with Crippen molar-refractivity contribution in [1.29, 1.82) is 0 Å². The van der Waals surface area contributed by atoms with Crippen LogP contribution in [0.15, 0.2) is 209 Å². The summed E-state index contributed by atoms with van der Waals surface area (Å²) in [5.41, 5.74) is 12.2. The van der Waals surface area contributed by atoms with E-state index in [2.05, 4.69) is 208 Å². The quantitative estimate of drug-likeness (QED) is 0.174. The van der Waals surface area contributed by atoms with Gasteiger partial charge in [-0.2, -0.15) is 0 Å². The van der Waals surface area contributed by atoms with Gasteiger partial charge in [0.05, 0.1) is 28.1 Å². The zero-order valence-electron chi connectivity index (χ0n) is 35.1. The zero-order chi connectivity index (χ0) is 42.4. The van der Waals surface area contributed by atoms with E-state index in [4.69, 9.17) is 20.0 Å². The van der Waals surface area contributed by atoms with Crippen LogP contribution in [0.4, 0.5) is 5.69 Å². The Morgan fingerprint density at radius 2 is 1.23 bits per heavy atom. The Kier molecular flexibility index (Phi) is 8.15. The predicted molar refractivity (Wildman–Crippen MR) is 261 cm³/mol. The number of hydrogen-bond acceptors (Lipinski definition) is 7. The number of aliphatic imine (C=N–C) groups is 2. The van der Waals surface area contributed by atoms with Crippen molar-refractivity contribution >= 4 is 67.3 Å². The second-order valence-electron chi connectivity index (χ2n) is 17.4. The molecule has 0 fully saturated rings. The van der Waals surface area contributed by atoms with E-state index in [1.165, 1.54) is 32.8 Å². The number of aromatic nitrogens is 4. The highest BCUT2D eigenvalue weighted by molar-refractivity contribution is 6.09. The first-order valence-electron chi connectivity index (χ1n) is 22.0. The summed E-state index contributed by atoms with van der Waals surface area (Å²) in [7, 11) is 0. The summed E-state index contributed by atoms with van der Waals surface area (Å²) in [6.45, 7) is 2.33. The van der Waals surface area contributed by atoms with Crippen LogP contribution in [0, 0.1) is 5.92 Å². The number of para-hydroxylation sites is 5. The van der Waals surface area contributed by atoms with E-state index >= 15 is 0 Å². The third-order valence-electron chi connectivity index (χ3n) is 13.9. The van der Waals surface area contributed by atoms with E-state index in [-0.39, 0.29) is 30.0 Å². The second kappa shape index (κ2) is 14.3. The summed E-state index contributed by atoms with van der Waals surface area (Å²) in [6.07, 6.45) is 26.1. The van der Waals surface area contributed by atoms with Crippen LogP contribution in [0.1, 0.15) is 30.8 Å². The van der Waals surface area contributed by atoms with Crippen molar-refractivity contribution in [2.75, 3.05) is 4.90 Å². The molecule has 9 nitrogen and oxygen atoms in total. The molecule has 3 aromatic heterocycles. The number of rotatable bonds is 6. The molecule has 64 heavy (non-hydrogen) atoms. The fraction of sp³-hybridized carbons (Fsp3) is 0.127. The topological polar surface area (TPSA) is 87.7 Å². The third kappa shape index (κ3) is 5.56. The van der Waals surface area contributed by atoms with Gasteiger partial charge in [0.25, 0.3) is 0 Å². The van der Waals surface area contributed by atoms with Gasteiger partial charge in [-0.25, -0.2) is 20.0 Å². The van der Waals surface area contributed by atoms with Gasteiger partial charge in [0.2, 0.25) is 5.95 Å². The van der Waals surface area contributed by atoms with Crippen LogP contribution in [-0.4, -0.2) is 43.9 Å². The maximum atomic E-state index is 5.23. The van der Waals surface area contributed by atoms with E-state index in [0.717, 1.165) is 56.3 Å². The Morgan fingerprint density at radius 3 is 1.89 bits per heavy atom. The lowest BCUT2D eigenvalue weighted by atomic mass is 9.76. The minimum atomic E-state index is -0.292. The van der Waals surface area contributed by atoms with Crippen molar-refractivity contribution in [1.82, 2.24) is 29.7 Å². The first-order valence-corrected chi connectivity index (χ1v) is 22.0. The minimum Gasteiger partial charge on any atom is -0.353 e. The summed E-state index contributed by atoms with van der Waals surface area (Å²) < 4.78 is 4.45. The Bertz CT molecular complexity index is 3380. The van der Waals surface area contributed by atoms with E-state index < -0.39 is 0 Å². The van der Waals surface area contributed by atoms with Crippen molar-refractivity contribution in [3.8, 4) is 5.95 Å². The average Bonchev–Trinajstić information content (AvgIpc) is 3.98. The van der Waals surface area contributed by atoms with Crippen molar-refractivity contribution in [3.05, 3.63) is 210 Å². The molecule has 2 N–H and O–H groups in total. The molecule has 8 aromatic rings. The van der Waals surface area contributed by atoms with Crippen LogP contribution in [0.3, 0.4) is 0 Å². The highest BCUT2D eigenvalue weighted by atomic mass is 15.4. The van der Waals surface area contributed by atoms with Crippen LogP contribution in [0.5, 0.6) is 0 Å². The van der Waals surface area contributed by atoms with Crippen LogP contribution < -0.4 is 15.5 Å². The summed E-state index contributed by atoms with van der Waals surface area (Å²) in [4.78, 5) is 22.9. The Morgan fingerprint density at radius 1 is 0.625 bits per heavy atom. The number of allylic oxidation sites excluding steroid dienone is 8. The smallest absolute Gasteiger partial charge is 0.234 e. The molecule has 5 atom stereocenters. The monoisotopic (exact) mass is 829 g/mol. The number of benzene rings is 5. The maximum absolute atomic E-state index is 5.23. The standard InChI is InChI=1S/C55H43N9/c1-55-25-13-12-24-51(55)64(50-23-11-6-18-45(50)55)54-60-33-40(34-61-54)37-27-35(38-29-56-52(57-30-38)62-46-19-7-2-14-41(46)42-15-3-8-20-47(42)62)26-36(28-37)39-31-58-53(59-32-39)63-48-21-9-4-16-43(48)44-17-5-10-22-49(44)63/h2-27,29-34,37,51-52,54,56,60H,28H2,1H3. The van der Waals surface area contributed by atoms with E-state index in [1.54, 1.807) is 0 Å².